The van der Waals surface area contributed by atoms with Crippen molar-refractivity contribution in [1.82, 2.24) is 26.1 Å². The van der Waals surface area contributed by atoms with E-state index in [-0.39, 0.29) is 0 Å². The lowest BCUT2D eigenvalue weighted by molar-refractivity contribution is 0.0160. The van der Waals surface area contributed by atoms with Gasteiger partial charge in [0, 0.05) is 57.1 Å². The van der Waals surface area contributed by atoms with Crippen LogP contribution in [-0.2, 0) is 4.74 Å². The first kappa shape index (κ1) is 20.5. The van der Waals surface area contributed by atoms with Gasteiger partial charge in [0.05, 0.1) is 19.3 Å². The molecule has 162 valence electrons. The number of fused-ring (bicyclic) bond motifs is 1. The number of hydrazine groups is 1. The van der Waals surface area contributed by atoms with Gasteiger partial charge in [-0.25, -0.2) is 5.43 Å². The van der Waals surface area contributed by atoms with E-state index in [1.54, 1.807) is 0 Å². The lowest BCUT2D eigenvalue weighted by Gasteiger charge is -2.35. The van der Waals surface area contributed by atoms with Gasteiger partial charge in [-0.3, -0.25) is 15.3 Å². The van der Waals surface area contributed by atoms with Gasteiger partial charge in [-0.15, -0.1) is 0 Å². The number of rotatable bonds is 7. The molecule has 2 aliphatic heterocycles. The highest BCUT2D eigenvalue weighted by Gasteiger charge is 2.30. The standard InChI is InChI=1S/C25H31N5O/c1-2-6-22-19(4-1)5-3-7-23(22)25-21(17-28-29-25)16-27-18-24(20-8-10-26-11-9-20)30-12-14-31-15-13-30/h1-11,21,24-25,27-29H,12-18H2. The Morgan fingerprint density at radius 3 is 2.71 bits per heavy atom. The quantitative estimate of drug-likeness (QED) is 0.550. The molecule has 0 saturated carbocycles. The Morgan fingerprint density at radius 2 is 1.84 bits per heavy atom. The van der Waals surface area contributed by atoms with E-state index in [0.29, 0.717) is 18.0 Å². The van der Waals surface area contributed by atoms with Crippen molar-refractivity contribution < 1.29 is 4.74 Å². The zero-order valence-corrected chi connectivity index (χ0v) is 17.8. The van der Waals surface area contributed by atoms with Gasteiger partial charge in [0.25, 0.3) is 0 Å². The van der Waals surface area contributed by atoms with Crippen molar-refractivity contribution in [3.8, 4) is 0 Å². The van der Waals surface area contributed by atoms with E-state index in [2.05, 4.69) is 80.6 Å². The van der Waals surface area contributed by atoms with Crippen molar-refractivity contribution in [2.24, 2.45) is 5.92 Å². The van der Waals surface area contributed by atoms with Gasteiger partial charge in [0.2, 0.25) is 0 Å². The highest BCUT2D eigenvalue weighted by Crippen LogP contribution is 2.30. The van der Waals surface area contributed by atoms with Crippen molar-refractivity contribution in [1.29, 1.82) is 0 Å². The Morgan fingerprint density at radius 1 is 1.03 bits per heavy atom. The van der Waals surface area contributed by atoms with Crippen LogP contribution in [0.1, 0.15) is 23.2 Å². The summed E-state index contributed by atoms with van der Waals surface area (Å²) in [7, 11) is 0. The Hall–Kier alpha value is -2.35. The molecule has 31 heavy (non-hydrogen) atoms. The molecular formula is C25H31N5O. The fraction of sp³-hybridized carbons (Fsp3) is 0.400. The summed E-state index contributed by atoms with van der Waals surface area (Å²) in [6.07, 6.45) is 3.79. The first-order chi connectivity index (χ1) is 15.4. The Labute approximate surface area is 184 Å². The zero-order chi connectivity index (χ0) is 20.9. The number of hydrogen-bond donors (Lipinski definition) is 3. The minimum atomic E-state index is 0.293. The number of hydrogen-bond acceptors (Lipinski definition) is 6. The molecule has 6 nitrogen and oxygen atoms in total. The van der Waals surface area contributed by atoms with Crippen LogP contribution in [-0.4, -0.2) is 55.8 Å². The lowest BCUT2D eigenvalue weighted by Crippen LogP contribution is -2.43. The largest absolute Gasteiger partial charge is 0.379 e. The highest BCUT2D eigenvalue weighted by atomic mass is 16.5. The molecule has 2 aromatic carbocycles. The molecule has 3 unspecified atom stereocenters. The maximum Gasteiger partial charge on any atom is 0.0594 e. The fourth-order valence-corrected chi connectivity index (χ4v) is 4.92. The summed E-state index contributed by atoms with van der Waals surface area (Å²) in [5, 5.41) is 6.42. The summed E-state index contributed by atoms with van der Waals surface area (Å²) in [5.74, 6) is 0.480. The Balaban J connectivity index is 1.28. The Kier molecular flexibility index (Phi) is 6.53. The minimum Gasteiger partial charge on any atom is -0.379 e. The maximum absolute atomic E-state index is 5.58. The van der Waals surface area contributed by atoms with Crippen LogP contribution in [0, 0.1) is 5.92 Å². The molecule has 0 aliphatic carbocycles. The summed E-state index contributed by atoms with van der Waals surface area (Å²) in [5.41, 5.74) is 9.60. The SMILES string of the molecule is c1ccc2c(C3NNCC3CNCC(c3ccncc3)N3CCOCC3)cccc2c1. The van der Waals surface area contributed by atoms with E-state index in [9.17, 15) is 0 Å². The number of ether oxygens (including phenoxy) is 1. The molecule has 3 heterocycles. The van der Waals surface area contributed by atoms with Crippen LogP contribution < -0.4 is 16.2 Å². The molecule has 1 aromatic heterocycles. The van der Waals surface area contributed by atoms with Gasteiger partial charge >= 0.3 is 0 Å². The summed E-state index contributed by atoms with van der Waals surface area (Å²) in [4.78, 5) is 6.73. The van der Waals surface area contributed by atoms with Gasteiger partial charge in [-0.1, -0.05) is 42.5 Å². The number of nitrogens with one attached hydrogen (secondary N) is 3. The summed E-state index contributed by atoms with van der Waals surface area (Å²) in [6, 6.07) is 20.2. The second kappa shape index (κ2) is 9.85. The molecule has 3 aromatic rings. The average Bonchev–Trinajstić information content (AvgIpc) is 3.31. The van der Waals surface area contributed by atoms with Crippen molar-refractivity contribution >= 4 is 10.8 Å². The van der Waals surface area contributed by atoms with Crippen LogP contribution in [0.15, 0.2) is 67.0 Å². The van der Waals surface area contributed by atoms with Crippen molar-refractivity contribution in [2.45, 2.75) is 12.1 Å². The van der Waals surface area contributed by atoms with E-state index in [0.717, 1.165) is 45.9 Å². The second-order valence-electron chi connectivity index (χ2n) is 8.43. The van der Waals surface area contributed by atoms with Crippen LogP contribution in [0.4, 0.5) is 0 Å². The normalized spacial score (nSPS) is 23.2. The summed E-state index contributed by atoms with van der Waals surface area (Å²) in [6.45, 7) is 6.39. The van der Waals surface area contributed by atoms with Gasteiger partial charge in [0.15, 0.2) is 0 Å². The number of morpholine rings is 1. The molecule has 0 spiro atoms. The van der Waals surface area contributed by atoms with Gasteiger partial charge in [0.1, 0.15) is 0 Å². The molecule has 0 radical (unpaired) electrons. The monoisotopic (exact) mass is 417 g/mol. The third kappa shape index (κ3) is 4.63. The lowest BCUT2D eigenvalue weighted by atomic mass is 9.91. The summed E-state index contributed by atoms with van der Waals surface area (Å²) < 4.78 is 5.58. The van der Waals surface area contributed by atoms with Crippen LogP contribution in [0.25, 0.3) is 10.8 Å². The molecule has 2 saturated heterocycles. The van der Waals surface area contributed by atoms with E-state index in [1.165, 1.54) is 21.9 Å². The van der Waals surface area contributed by atoms with Gasteiger partial charge in [-0.2, -0.15) is 0 Å². The minimum absolute atomic E-state index is 0.293. The molecule has 2 fully saturated rings. The molecular weight excluding hydrogens is 386 g/mol. The van der Waals surface area contributed by atoms with Crippen molar-refractivity contribution in [3.63, 3.8) is 0 Å². The van der Waals surface area contributed by atoms with E-state index < -0.39 is 0 Å². The molecule has 5 rings (SSSR count). The van der Waals surface area contributed by atoms with E-state index in [1.807, 2.05) is 12.4 Å². The number of aromatic nitrogens is 1. The zero-order valence-electron chi connectivity index (χ0n) is 17.8. The molecule has 3 atom stereocenters. The number of nitrogens with zero attached hydrogens (tertiary/aromatic N) is 2. The first-order valence-corrected chi connectivity index (χ1v) is 11.3. The average molecular weight is 418 g/mol. The van der Waals surface area contributed by atoms with Crippen LogP contribution in [0.3, 0.4) is 0 Å². The van der Waals surface area contributed by atoms with Crippen molar-refractivity contribution in [2.75, 3.05) is 45.9 Å². The smallest absolute Gasteiger partial charge is 0.0594 e. The molecule has 3 N–H and O–H groups in total. The fourth-order valence-electron chi connectivity index (χ4n) is 4.92. The topological polar surface area (TPSA) is 61.5 Å². The third-order valence-electron chi connectivity index (χ3n) is 6.57. The maximum atomic E-state index is 5.58. The van der Waals surface area contributed by atoms with Crippen LogP contribution in [0.2, 0.25) is 0 Å². The second-order valence-corrected chi connectivity index (χ2v) is 8.43. The summed E-state index contributed by atoms with van der Waals surface area (Å²) >= 11 is 0. The molecule has 0 amide bonds. The Bertz CT molecular complexity index is 971. The number of pyridine rings is 1. The van der Waals surface area contributed by atoms with Gasteiger partial charge < -0.3 is 10.1 Å². The molecule has 6 heteroatoms. The van der Waals surface area contributed by atoms with E-state index in [4.69, 9.17) is 4.74 Å². The highest BCUT2D eigenvalue weighted by molar-refractivity contribution is 5.86. The first-order valence-electron chi connectivity index (χ1n) is 11.3. The van der Waals surface area contributed by atoms with E-state index >= 15 is 0 Å². The van der Waals surface area contributed by atoms with Crippen LogP contribution in [0.5, 0.6) is 0 Å². The molecule has 2 aliphatic rings. The third-order valence-corrected chi connectivity index (χ3v) is 6.57. The van der Waals surface area contributed by atoms with Crippen LogP contribution >= 0.6 is 0 Å². The van der Waals surface area contributed by atoms with Crippen molar-refractivity contribution in [3.05, 3.63) is 78.1 Å². The predicted molar refractivity (Wildman–Crippen MR) is 124 cm³/mol. The molecule has 0 bridgehead atoms. The van der Waals surface area contributed by atoms with Gasteiger partial charge in [-0.05, 0) is 34.0 Å². The number of benzene rings is 2. The predicted octanol–water partition coefficient (Wildman–Crippen LogP) is 2.66.